The minimum Gasteiger partial charge on any atom is -0.345 e. The minimum absolute atomic E-state index is 0.0701. The van der Waals surface area contributed by atoms with Gasteiger partial charge in [-0.15, -0.1) is 0 Å². The lowest BCUT2D eigenvalue weighted by atomic mass is 10.1. The van der Waals surface area contributed by atoms with Gasteiger partial charge in [0.1, 0.15) is 0 Å². The van der Waals surface area contributed by atoms with Crippen molar-refractivity contribution in [3.05, 3.63) is 71.3 Å². The Morgan fingerprint density at radius 1 is 0.889 bits per heavy atom. The molecule has 0 saturated carbocycles. The predicted molar refractivity (Wildman–Crippen MR) is 103 cm³/mol. The van der Waals surface area contributed by atoms with Crippen LogP contribution in [-0.4, -0.2) is 49.8 Å². The summed E-state index contributed by atoms with van der Waals surface area (Å²) in [4.78, 5) is 36.9. The van der Waals surface area contributed by atoms with E-state index in [0.717, 1.165) is 5.56 Å². The number of benzene rings is 2. The number of hydrogen-bond donors (Lipinski definition) is 2. The van der Waals surface area contributed by atoms with Gasteiger partial charge in [0.2, 0.25) is 5.91 Å². The Labute approximate surface area is 158 Å². The van der Waals surface area contributed by atoms with E-state index in [1.165, 1.54) is 4.90 Å². The van der Waals surface area contributed by atoms with Crippen LogP contribution in [0, 0.1) is 11.8 Å². The average molecular weight is 363 g/mol. The fourth-order valence-corrected chi connectivity index (χ4v) is 2.16. The van der Waals surface area contributed by atoms with Gasteiger partial charge in [-0.2, -0.15) is 0 Å². The van der Waals surface area contributed by atoms with Crippen LogP contribution < -0.4 is 10.6 Å². The van der Waals surface area contributed by atoms with Crippen LogP contribution in [0.4, 0.5) is 0 Å². The molecule has 0 aliphatic heterocycles. The second-order valence-corrected chi connectivity index (χ2v) is 5.90. The molecule has 0 unspecified atom stereocenters. The molecule has 6 heteroatoms. The Bertz CT molecular complexity index is 863. The summed E-state index contributed by atoms with van der Waals surface area (Å²) in [7, 11) is 3.39. The van der Waals surface area contributed by atoms with Gasteiger partial charge in [0.05, 0.1) is 13.1 Å². The first kappa shape index (κ1) is 19.7. The maximum absolute atomic E-state index is 11.8. The van der Waals surface area contributed by atoms with Crippen molar-refractivity contribution in [2.45, 2.75) is 0 Å². The van der Waals surface area contributed by atoms with Gasteiger partial charge in [0, 0.05) is 30.8 Å². The van der Waals surface area contributed by atoms with Crippen LogP contribution in [0.15, 0.2) is 54.6 Å². The van der Waals surface area contributed by atoms with Crippen molar-refractivity contribution in [3.8, 4) is 11.8 Å². The van der Waals surface area contributed by atoms with Crippen LogP contribution in [-0.2, 0) is 4.79 Å². The van der Waals surface area contributed by atoms with E-state index in [1.807, 2.05) is 6.07 Å². The van der Waals surface area contributed by atoms with Crippen molar-refractivity contribution < 1.29 is 14.4 Å². The molecule has 0 bridgehead atoms. The van der Waals surface area contributed by atoms with E-state index in [-0.39, 0.29) is 30.8 Å². The first-order valence-corrected chi connectivity index (χ1v) is 8.38. The molecule has 2 N–H and O–H groups in total. The van der Waals surface area contributed by atoms with E-state index in [2.05, 4.69) is 22.5 Å². The van der Waals surface area contributed by atoms with Crippen LogP contribution in [0.3, 0.4) is 0 Å². The molecule has 27 heavy (non-hydrogen) atoms. The highest BCUT2D eigenvalue weighted by Gasteiger charge is 2.07. The zero-order valence-corrected chi connectivity index (χ0v) is 15.3. The SMILES string of the molecule is CN(C)C(=O)c1ccc(C#CCNC(=O)CNC(=O)c2ccccc2)cc1. The van der Waals surface area contributed by atoms with Crippen LogP contribution in [0.5, 0.6) is 0 Å². The van der Waals surface area contributed by atoms with E-state index >= 15 is 0 Å². The summed E-state index contributed by atoms with van der Waals surface area (Å²) < 4.78 is 0. The largest absolute Gasteiger partial charge is 0.345 e. The van der Waals surface area contributed by atoms with Gasteiger partial charge >= 0.3 is 0 Å². The normalized spacial score (nSPS) is 9.56. The minimum atomic E-state index is -0.319. The summed E-state index contributed by atoms with van der Waals surface area (Å²) in [6.07, 6.45) is 0. The van der Waals surface area contributed by atoms with Crippen LogP contribution >= 0.6 is 0 Å². The number of rotatable bonds is 5. The number of carbonyl (C=O) groups excluding carboxylic acids is 3. The monoisotopic (exact) mass is 363 g/mol. The maximum Gasteiger partial charge on any atom is 0.253 e. The number of nitrogens with one attached hydrogen (secondary N) is 2. The van der Waals surface area contributed by atoms with Gasteiger partial charge in [-0.05, 0) is 36.4 Å². The van der Waals surface area contributed by atoms with Gasteiger partial charge in [0.25, 0.3) is 11.8 Å². The predicted octanol–water partition coefficient (Wildman–Crippen LogP) is 1.29. The van der Waals surface area contributed by atoms with E-state index in [4.69, 9.17) is 0 Å². The molecule has 2 aromatic rings. The molecule has 2 aromatic carbocycles. The van der Waals surface area contributed by atoms with Crippen LogP contribution in [0.2, 0.25) is 0 Å². The first-order chi connectivity index (χ1) is 13.0. The second-order valence-electron chi connectivity index (χ2n) is 5.90. The van der Waals surface area contributed by atoms with Crippen LogP contribution in [0.1, 0.15) is 26.3 Å². The van der Waals surface area contributed by atoms with Crippen molar-refractivity contribution in [3.63, 3.8) is 0 Å². The Morgan fingerprint density at radius 2 is 1.56 bits per heavy atom. The number of amides is 3. The fourth-order valence-electron chi connectivity index (χ4n) is 2.16. The standard InChI is InChI=1S/C21H21N3O3/c1-24(2)21(27)18-12-10-16(11-13-18)7-6-14-22-19(25)15-23-20(26)17-8-4-3-5-9-17/h3-5,8-13H,14-15H2,1-2H3,(H,22,25)(H,23,26). The molecule has 0 radical (unpaired) electrons. The quantitative estimate of drug-likeness (QED) is 0.786. The molecule has 0 fully saturated rings. The van der Waals surface area contributed by atoms with Crippen molar-refractivity contribution in [2.24, 2.45) is 0 Å². The smallest absolute Gasteiger partial charge is 0.253 e. The highest BCUT2D eigenvalue weighted by atomic mass is 16.2. The molecule has 6 nitrogen and oxygen atoms in total. The van der Waals surface area contributed by atoms with Gasteiger partial charge in [-0.1, -0.05) is 30.0 Å². The third-order valence-electron chi connectivity index (χ3n) is 3.59. The molecule has 0 spiro atoms. The van der Waals surface area contributed by atoms with Crippen molar-refractivity contribution in [1.29, 1.82) is 0 Å². The highest BCUT2D eigenvalue weighted by molar-refractivity contribution is 5.96. The molecule has 0 heterocycles. The van der Waals surface area contributed by atoms with Gasteiger partial charge in [-0.25, -0.2) is 0 Å². The van der Waals surface area contributed by atoms with Gasteiger partial charge in [-0.3, -0.25) is 14.4 Å². The third kappa shape index (κ3) is 6.33. The lowest BCUT2D eigenvalue weighted by Gasteiger charge is -2.09. The summed E-state index contributed by atoms with van der Waals surface area (Å²) in [5.74, 6) is 5.05. The molecule has 0 aliphatic carbocycles. The highest BCUT2D eigenvalue weighted by Crippen LogP contribution is 2.05. The zero-order valence-electron chi connectivity index (χ0n) is 15.3. The summed E-state index contributed by atoms with van der Waals surface area (Å²) in [6.45, 7) is 0.0508. The van der Waals surface area contributed by atoms with E-state index in [9.17, 15) is 14.4 Å². The number of nitrogens with zero attached hydrogens (tertiary/aromatic N) is 1. The molecule has 2 rings (SSSR count). The number of carbonyl (C=O) groups is 3. The Hall–Kier alpha value is -3.59. The first-order valence-electron chi connectivity index (χ1n) is 8.38. The molecule has 0 aliphatic rings. The average Bonchev–Trinajstić information content (AvgIpc) is 2.70. The lowest BCUT2D eigenvalue weighted by Crippen LogP contribution is -2.37. The van der Waals surface area contributed by atoms with Crippen molar-refractivity contribution >= 4 is 17.7 Å². The van der Waals surface area contributed by atoms with Crippen LogP contribution in [0.25, 0.3) is 0 Å². The molecule has 0 saturated heterocycles. The number of hydrogen-bond acceptors (Lipinski definition) is 3. The summed E-state index contributed by atoms with van der Waals surface area (Å²) in [5, 5.41) is 5.16. The lowest BCUT2D eigenvalue weighted by molar-refractivity contribution is -0.119. The Balaban J connectivity index is 1.75. The van der Waals surface area contributed by atoms with Gasteiger partial charge < -0.3 is 15.5 Å². The summed E-state index contributed by atoms with van der Waals surface area (Å²) >= 11 is 0. The van der Waals surface area contributed by atoms with E-state index in [1.54, 1.807) is 62.6 Å². The van der Waals surface area contributed by atoms with Crippen molar-refractivity contribution in [2.75, 3.05) is 27.2 Å². The Kier molecular flexibility index (Phi) is 7.15. The van der Waals surface area contributed by atoms with E-state index in [0.29, 0.717) is 11.1 Å². The van der Waals surface area contributed by atoms with E-state index < -0.39 is 0 Å². The molecular formula is C21H21N3O3. The maximum atomic E-state index is 11.8. The van der Waals surface area contributed by atoms with Gasteiger partial charge in [0.15, 0.2) is 0 Å². The Morgan fingerprint density at radius 3 is 2.19 bits per heavy atom. The molecule has 0 atom stereocenters. The van der Waals surface area contributed by atoms with Crippen molar-refractivity contribution in [1.82, 2.24) is 15.5 Å². The molecule has 138 valence electrons. The molecule has 3 amide bonds. The summed E-state index contributed by atoms with van der Waals surface area (Å²) in [5.41, 5.74) is 1.84. The second kappa shape index (κ2) is 9.78. The molecule has 0 aromatic heterocycles. The summed E-state index contributed by atoms with van der Waals surface area (Å²) in [6, 6.07) is 15.6. The zero-order chi connectivity index (χ0) is 19.6. The third-order valence-corrected chi connectivity index (χ3v) is 3.59. The topological polar surface area (TPSA) is 78.5 Å². The molecular weight excluding hydrogens is 342 g/mol. The fraction of sp³-hybridized carbons (Fsp3) is 0.190.